The number of amides is 3. The number of hydrogen-bond donors (Lipinski definition) is 3. The van der Waals surface area contributed by atoms with E-state index in [-0.39, 0.29) is 18.2 Å². The molecular formula is C26H47N3O7. The maximum Gasteiger partial charge on any atom is 0.434 e. The Balaban J connectivity index is 4.08. The molecular weight excluding hydrogens is 466 g/mol. The lowest BCUT2D eigenvalue weighted by Gasteiger charge is -2.22. The molecule has 3 amide bonds. The molecule has 10 nitrogen and oxygen atoms in total. The van der Waals surface area contributed by atoms with Crippen molar-refractivity contribution in [1.29, 1.82) is 0 Å². The van der Waals surface area contributed by atoms with Gasteiger partial charge in [-0.05, 0) is 87.0 Å². The van der Waals surface area contributed by atoms with Crippen molar-refractivity contribution >= 4 is 29.8 Å². The fourth-order valence-electron chi connectivity index (χ4n) is 3.20. The van der Waals surface area contributed by atoms with Crippen LogP contribution in [0.25, 0.3) is 0 Å². The van der Waals surface area contributed by atoms with Gasteiger partial charge in [-0.1, -0.05) is 19.8 Å². The van der Waals surface area contributed by atoms with Gasteiger partial charge in [0.05, 0.1) is 0 Å². The fourth-order valence-corrected chi connectivity index (χ4v) is 3.20. The third-order valence-electron chi connectivity index (χ3n) is 5.01. The largest absolute Gasteiger partial charge is 0.480 e. The van der Waals surface area contributed by atoms with Gasteiger partial charge in [0.1, 0.15) is 17.2 Å². The summed E-state index contributed by atoms with van der Waals surface area (Å²) in [5.41, 5.74) is -0.526. The number of alkyl carbamates (subject to hydrolysis) is 1. The van der Waals surface area contributed by atoms with Gasteiger partial charge in [0.2, 0.25) is 5.91 Å². The third kappa shape index (κ3) is 18.6. The summed E-state index contributed by atoms with van der Waals surface area (Å²) in [6, 6.07) is -1.03. The molecule has 0 heterocycles. The van der Waals surface area contributed by atoms with E-state index in [2.05, 4.69) is 15.6 Å². The second-order valence-corrected chi connectivity index (χ2v) is 11.2. The minimum Gasteiger partial charge on any atom is -0.480 e. The van der Waals surface area contributed by atoms with Crippen LogP contribution in [-0.2, 0) is 19.1 Å². The summed E-state index contributed by atoms with van der Waals surface area (Å²) in [5, 5.41) is 14.6. The van der Waals surface area contributed by atoms with Crippen molar-refractivity contribution in [3.8, 4) is 0 Å². The van der Waals surface area contributed by atoms with Crippen molar-refractivity contribution in [2.45, 2.75) is 124 Å². The highest BCUT2D eigenvalue weighted by molar-refractivity contribution is 5.91. The summed E-state index contributed by atoms with van der Waals surface area (Å²) in [7, 11) is 0. The lowest BCUT2D eigenvalue weighted by molar-refractivity contribution is -0.139. The van der Waals surface area contributed by atoms with Crippen LogP contribution in [0.4, 0.5) is 9.59 Å². The second-order valence-electron chi connectivity index (χ2n) is 11.2. The number of hydrogen-bond acceptors (Lipinski definition) is 6. The molecule has 0 rings (SSSR count). The van der Waals surface area contributed by atoms with Crippen LogP contribution in [0.15, 0.2) is 4.99 Å². The zero-order chi connectivity index (χ0) is 27.9. The predicted molar refractivity (Wildman–Crippen MR) is 139 cm³/mol. The molecule has 0 aromatic rings. The van der Waals surface area contributed by atoms with Crippen molar-refractivity contribution < 1.29 is 33.8 Å². The number of unbranched alkanes of at least 4 members (excludes halogenated alkanes) is 3. The van der Waals surface area contributed by atoms with E-state index in [0.29, 0.717) is 25.8 Å². The van der Waals surface area contributed by atoms with Crippen LogP contribution in [0.3, 0.4) is 0 Å². The quantitative estimate of drug-likeness (QED) is 0.213. The van der Waals surface area contributed by atoms with Crippen LogP contribution >= 0.6 is 0 Å². The summed E-state index contributed by atoms with van der Waals surface area (Å²) in [6.45, 7) is 14.7. The first kappa shape index (κ1) is 33.4. The lowest BCUT2D eigenvalue weighted by atomic mass is 10.0. The van der Waals surface area contributed by atoms with E-state index < -0.39 is 35.4 Å². The molecule has 0 aromatic carbocycles. The SMILES string of the molecule is CC(CCCCC[C@H](C)C(=O)NCCCC[C@H](NC(=O)OC(C)(C)C)C(=O)O)=NC(=O)OC(C)(C)C. The van der Waals surface area contributed by atoms with E-state index in [1.54, 1.807) is 41.5 Å². The second kappa shape index (κ2) is 16.2. The van der Waals surface area contributed by atoms with E-state index in [4.69, 9.17) is 9.47 Å². The molecule has 0 aliphatic heterocycles. The standard InChI is InChI=1S/C26H47N3O7/c1-18(14-10-9-11-15-19(2)28-23(33)35-25(3,4)5)21(30)27-17-13-12-16-20(22(31)32)29-24(34)36-26(6,7)8/h18,20H,9-17H2,1-8H3,(H,27,30)(H,29,34)(H,31,32)/t18-,20-/m0/s1. The fraction of sp³-hybridized carbons (Fsp3) is 0.808. The first-order valence-corrected chi connectivity index (χ1v) is 12.8. The molecule has 0 aromatic heterocycles. The van der Waals surface area contributed by atoms with Crippen LogP contribution in [0.2, 0.25) is 0 Å². The maximum absolute atomic E-state index is 12.3. The Morgan fingerprint density at radius 1 is 0.861 bits per heavy atom. The average molecular weight is 514 g/mol. The number of nitrogens with one attached hydrogen (secondary N) is 2. The number of rotatable bonds is 14. The Kier molecular flexibility index (Phi) is 15.0. The molecule has 0 saturated heterocycles. The number of ether oxygens (including phenoxy) is 2. The van der Waals surface area contributed by atoms with Gasteiger partial charge in [-0.2, -0.15) is 4.99 Å². The van der Waals surface area contributed by atoms with Gasteiger partial charge in [-0.25, -0.2) is 14.4 Å². The first-order chi connectivity index (χ1) is 16.5. The lowest BCUT2D eigenvalue weighted by Crippen LogP contribution is -2.43. The van der Waals surface area contributed by atoms with Gasteiger partial charge in [0.15, 0.2) is 0 Å². The molecule has 0 unspecified atom stereocenters. The highest BCUT2D eigenvalue weighted by atomic mass is 16.6. The summed E-state index contributed by atoms with van der Waals surface area (Å²) in [5.74, 6) is -1.27. The minimum atomic E-state index is -1.12. The maximum atomic E-state index is 12.3. The monoisotopic (exact) mass is 513 g/mol. The number of aliphatic carboxylic acids is 1. The van der Waals surface area contributed by atoms with Crippen molar-refractivity contribution in [2.75, 3.05) is 6.54 Å². The number of carboxylic acids is 1. The highest BCUT2D eigenvalue weighted by Gasteiger charge is 2.23. The third-order valence-corrected chi connectivity index (χ3v) is 5.01. The van der Waals surface area contributed by atoms with Crippen molar-refractivity contribution in [2.24, 2.45) is 10.9 Å². The van der Waals surface area contributed by atoms with Crippen LogP contribution in [0.1, 0.15) is 107 Å². The van der Waals surface area contributed by atoms with Crippen molar-refractivity contribution in [3.63, 3.8) is 0 Å². The number of nitrogens with zero attached hydrogens (tertiary/aromatic N) is 1. The van der Waals surface area contributed by atoms with Gasteiger partial charge in [0.25, 0.3) is 0 Å². The molecule has 0 radical (unpaired) electrons. The van der Waals surface area contributed by atoms with Gasteiger partial charge in [-0.3, -0.25) is 4.79 Å². The summed E-state index contributed by atoms with van der Waals surface area (Å²) in [4.78, 5) is 51.1. The van der Waals surface area contributed by atoms with Crippen molar-refractivity contribution in [1.82, 2.24) is 10.6 Å². The molecule has 0 saturated carbocycles. The van der Waals surface area contributed by atoms with Gasteiger partial charge in [-0.15, -0.1) is 0 Å². The number of aliphatic imine (C=N–C) groups is 1. The molecule has 0 aliphatic carbocycles. The molecule has 0 bridgehead atoms. The van der Waals surface area contributed by atoms with E-state index in [0.717, 1.165) is 31.4 Å². The minimum absolute atomic E-state index is 0.0284. The van der Waals surface area contributed by atoms with E-state index in [9.17, 15) is 24.3 Å². The zero-order valence-electron chi connectivity index (χ0n) is 23.4. The average Bonchev–Trinajstić information content (AvgIpc) is 2.68. The Labute approximate surface area is 216 Å². The van der Waals surface area contributed by atoms with E-state index in [1.165, 1.54) is 0 Å². The van der Waals surface area contributed by atoms with Gasteiger partial charge in [0, 0.05) is 18.2 Å². The molecule has 0 spiro atoms. The van der Waals surface area contributed by atoms with Gasteiger partial charge >= 0.3 is 18.2 Å². The summed E-state index contributed by atoms with van der Waals surface area (Å²) >= 11 is 0. The predicted octanol–water partition coefficient (Wildman–Crippen LogP) is 5.23. The Morgan fingerprint density at radius 3 is 2.00 bits per heavy atom. The number of carbonyl (C=O) groups is 4. The number of carbonyl (C=O) groups excluding carboxylic acids is 3. The van der Waals surface area contributed by atoms with Crippen LogP contribution < -0.4 is 10.6 Å². The molecule has 2 atom stereocenters. The molecule has 0 fully saturated rings. The van der Waals surface area contributed by atoms with Crippen LogP contribution in [0.5, 0.6) is 0 Å². The van der Waals surface area contributed by atoms with Crippen LogP contribution in [0, 0.1) is 5.92 Å². The highest BCUT2D eigenvalue weighted by Crippen LogP contribution is 2.13. The molecule has 208 valence electrons. The molecule has 0 aliphatic rings. The van der Waals surface area contributed by atoms with Gasteiger partial charge < -0.3 is 25.2 Å². The van der Waals surface area contributed by atoms with Crippen LogP contribution in [-0.4, -0.2) is 58.7 Å². The zero-order valence-corrected chi connectivity index (χ0v) is 23.4. The topological polar surface area (TPSA) is 143 Å². The molecule has 3 N–H and O–H groups in total. The first-order valence-electron chi connectivity index (χ1n) is 12.8. The Morgan fingerprint density at radius 2 is 1.44 bits per heavy atom. The molecule has 10 heteroatoms. The summed E-state index contributed by atoms with van der Waals surface area (Å²) in [6.07, 6.45) is 4.23. The van der Waals surface area contributed by atoms with E-state index in [1.807, 2.05) is 13.8 Å². The number of carboxylic acid groups (broad SMARTS) is 1. The smallest absolute Gasteiger partial charge is 0.434 e. The van der Waals surface area contributed by atoms with E-state index >= 15 is 0 Å². The normalized spacial score (nSPS) is 13.9. The summed E-state index contributed by atoms with van der Waals surface area (Å²) < 4.78 is 10.3. The molecule has 36 heavy (non-hydrogen) atoms. The Bertz CT molecular complexity index is 752. The van der Waals surface area contributed by atoms with Crippen molar-refractivity contribution in [3.05, 3.63) is 0 Å². The Hall–Kier alpha value is -2.65.